The molecule has 0 aliphatic carbocycles. The number of methoxy groups -OCH3 is 6. The van der Waals surface area contributed by atoms with E-state index in [1.54, 1.807) is 94.1 Å². The summed E-state index contributed by atoms with van der Waals surface area (Å²) in [5.74, 6) is 5.47. The van der Waals surface area contributed by atoms with E-state index in [0.717, 1.165) is 112 Å². The number of aliphatic carboxylic acids is 1. The van der Waals surface area contributed by atoms with Crippen LogP contribution in [0.15, 0.2) is 165 Å². The molecule has 43 heteroatoms. The standard InChI is InChI=1S/C26H28N6O4.C26H28N6O3.C16H18N6O2.C10H11BrO2.C4H6O4.C2H4O2.CH2O3.B.2Cs.Na.H/c1-16-6-8-19(34-4)11-20(16)22(33)14-36-24-12-28-26(31-25(24)27-3)30-18-7-9-21(23(10-18)35-5)32-13-17(2)29-15-32;1-16-6-8-19(33-4)11-20(16)22-14-35-24-12-27-26(30-25(24)31(22)3)29-18-7-9-21(23(10-18)34-5)32-13-17(2)28-15-32;1-10-8-22(9-19-10)12-5-4-11(6-14(12)24-3)20-16-18-7-13(23)15(17-2)21-16;1-7-3-4-8(13-2)5-9(7)10(12)6-11;1-3(5)7-8-4(2)6;1-2(3)4;2-1-4-3;;;;;/h6-13,15H,14H2,1-5H3,(H2,27,28,30,31);6-13,15,22H,14H2,1-5H3,(H,27,29,30);4-9,23H,1-3H3,(H2,17,18,20,21);3-5H,6H2,1-2H3;1-2H3;1H3,(H,3,4);1,3H;;;;;/q;;;;;;;;3*+1;-1/p-2. The van der Waals surface area contributed by atoms with Crippen LogP contribution in [0.5, 0.6) is 51.7 Å². The molecule has 6 N–H and O–H groups in total. The second kappa shape index (κ2) is 57.1. The molecule has 1 unspecified atom stereocenters. The molecule has 3 radical (unpaired) electrons. The summed E-state index contributed by atoms with van der Waals surface area (Å²) in [6.07, 6.45) is 15.6. The van der Waals surface area contributed by atoms with E-state index in [2.05, 4.69) is 121 Å². The molecule has 13 rings (SSSR count). The van der Waals surface area contributed by atoms with Crippen LogP contribution in [0.1, 0.15) is 88.3 Å². The van der Waals surface area contributed by atoms with Crippen molar-refractivity contribution in [3.8, 4) is 68.8 Å². The minimum atomic E-state index is -1.08. The van der Waals surface area contributed by atoms with Gasteiger partial charge in [0, 0.05) is 114 Å². The van der Waals surface area contributed by atoms with Gasteiger partial charge >= 0.3 is 179 Å². The number of benzene rings is 6. The summed E-state index contributed by atoms with van der Waals surface area (Å²) in [6, 6.07) is 34.1. The number of nitrogens with one attached hydrogen (secondary N) is 5. The molecule has 1 aliphatic heterocycles. The Labute approximate surface area is 891 Å². The zero-order valence-electron chi connectivity index (χ0n) is 75.8. The number of halogens is 1. The molecule has 0 spiro atoms. The Morgan fingerprint density at radius 1 is 0.539 bits per heavy atom. The SMILES string of the molecule is CC(=O)OOC(C)=O.CC(=O)[O-].CNc1nc(Nc2ccc(-n3cnc(C)c3)c(OC)c2)ncc1O.CNc1nc(Nc2ccc(-n3cnc(C)c3)c(OC)c2)ncc1OCC(=O)c1cc(OC)ccc1C.COc1ccc(C)c(C(=O)CBr)c1.COc1ccc(C)c(C2COc3cnc(Nc4ccc(-n5cnc(C)c5)c(OC)c4)nc3N2C)c1.O=CO[O-].[B].[Cs+].[Cs+].[H-].[Na+]. The summed E-state index contributed by atoms with van der Waals surface area (Å²) in [5, 5.41) is 42.6. The van der Waals surface area contributed by atoms with Crippen LogP contribution in [0.4, 0.5) is 52.4 Å². The van der Waals surface area contributed by atoms with Crippen LogP contribution < -0.4 is 247 Å². The fourth-order valence-corrected chi connectivity index (χ4v) is 11.7. The van der Waals surface area contributed by atoms with Crippen molar-refractivity contribution >= 4 is 113 Å². The number of ketones is 2. The third-order valence-electron chi connectivity index (χ3n) is 17.3. The number of aromatic nitrogens is 12. The molecule has 0 fully saturated rings. The van der Waals surface area contributed by atoms with Gasteiger partial charge in [0.2, 0.25) is 23.6 Å². The van der Waals surface area contributed by atoms with Gasteiger partial charge in [0.25, 0.3) is 6.47 Å². The minimum Gasteiger partial charge on any atom is -1.00 e. The summed E-state index contributed by atoms with van der Waals surface area (Å²) in [5.41, 5.74) is 13.1. The van der Waals surface area contributed by atoms with Crippen molar-refractivity contribution in [2.24, 2.45) is 0 Å². The second-order valence-electron chi connectivity index (χ2n) is 26.1. The quantitative estimate of drug-likeness (QED) is 0.0119. The van der Waals surface area contributed by atoms with Crippen LogP contribution in [-0.2, 0) is 33.8 Å². The summed E-state index contributed by atoms with van der Waals surface area (Å²) in [6.45, 7) is 15.1. The maximum absolute atomic E-state index is 12.7. The van der Waals surface area contributed by atoms with E-state index in [-0.39, 0.29) is 214 Å². The molecule has 7 heterocycles. The van der Waals surface area contributed by atoms with Gasteiger partial charge in [-0.3, -0.25) is 14.4 Å². The molecule has 38 nitrogen and oxygen atoms in total. The number of Topliss-reactive ketones (excluding diaryl/α,β-unsaturated/α-hetero) is 2. The number of carboxylic acid groups (broad SMARTS) is 1. The molecule has 0 saturated heterocycles. The maximum Gasteiger partial charge on any atom is 1.00 e. The Hall–Kier alpha value is -9.98. The number of carbonyl (C=O) groups excluding carboxylic acids is 6. The van der Waals surface area contributed by atoms with E-state index in [9.17, 15) is 24.3 Å². The van der Waals surface area contributed by atoms with Crippen LogP contribution in [0.3, 0.4) is 0 Å². The van der Waals surface area contributed by atoms with Crippen molar-refractivity contribution in [2.75, 3.05) is 114 Å². The van der Waals surface area contributed by atoms with Gasteiger partial charge in [0.05, 0.1) is 126 Å². The van der Waals surface area contributed by atoms with Crippen molar-refractivity contribution in [3.05, 3.63) is 216 Å². The van der Waals surface area contributed by atoms with Crippen LogP contribution in [-0.4, -0.2) is 190 Å². The van der Waals surface area contributed by atoms with Gasteiger partial charge in [0.15, 0.2) is 47.1 Å². The van der Waals surface area contributed by atoms with E-state index in [0.29, 0.717) is 81.5 Å². The Bertz CT molecular complexity index is 5630. The number of ether oxygens (including phenoxy) is 8. The molecule has 0 bridgehead atoms. The topological polar surface area (TPSA) is 464 Å². The summed E-state index contributed by atoms with van der Waals surface area (Å²) < 4.78 is 49.9. The van der Waals surface area contributed by atoms with E-state index in [1.807, 2.05) is 159 Å². The van der Waals surface area contributed by atoms with Crippen molar-refractivity contribution in [2.45, 2.75) is 68.4 Å². The number of anilines is 9. The van der Waals surface area contributed by atoms with E-state index < -0.39 is 17.9 Å². The first-order valence-electron chi connectivity index (χ1n) is 37.3. The second-order valence-corrected chi connectivity index (χ2v) is 26.7. The van der Waals surface area contributed by atoms with E-state index in [4.69, 9.17) is 62.8 Å². The van der Waals surface area contributed by atoms with Crippen molar-refractivity contribution < 1.29 is 266 Å². The first kappa shape index (κ1) is 112. The Balaban J connectivity index is 0.000000563. The summed E-state index contributed by atoms with van der Waals surface area (Å²) in [7, 11) is 15.1. The number of aromatic hydroxyl groups is 1. The molecule has 6 aromatic carbocycles. The smallest absolute Gasteiger partial charge is 1.00 e. The predicted octanol–water partition coefficient (Wildman–Crippen LogP) is 1.97. The fourth-order valence-electron chi connectivity index (χ4n) is 11.4. The number of nitrogens with zero attached hydrogens (tertiary/aromatic N) is 13. The number of carboxylic acids is 1. The zero-order chi connectivity index (χ0) is 90.7. The molecule has 12 aromatic rings. The third kappa shape index (κ3) is 34.1. The first-order valence-corrected chi connectivity index (χ1v) is 38.4. The molecule has 1 atom stereocenters. The minimum absolute atomic E-state index is 0. The normalized spacial score (nSPS) is 10.8. The number of fused-ring (bicyclic) bond motifs is 1. The molecule has 128 heavy (non-hydrogen) atoms. The van der Waals surface area contributed by atoms with Crippen molar-refractivity contribution in [1.29, 1.82) is 0 Å². The number of rotatable bonds is 25. The van der Waals surface area contributed by atoms with Gasteiger partial charge in [-0.15, -0.1) is 0 Å². The molecule has 0 amide bonds. The van der Waals surface area contributed by atoms with Gasteiger partial charge in [0.1, 0.15) is 41.1 Å². The van der Waals surface area contributed by atoms with Crippen molar-refractivity contribution in [1.82, 2.24) is 58.6 Å². The van der Waals surface area contributed by atoms with E-state index >= 15 is 0 Å². The third-order valence-corrected chi connectivity index (χ3v) is 17.9. The molecular formula is C85H96BBrCs2N18NaO20. The Kier molecular flexibility index (Phi) is 50.1. The van der Waals surface area contributed by atoms with Gasteiger partial charge in [-0.05, 0) is 144 Å². The number of aryl methyl sites for hydroxylation is 6. The summed E-state index contributed by atoms with van der Waals surface area (Å²) in [4.78, 5) is 113. The predicted molar refractivity (Wildman–Crippen MR) is 467 cm³/mol. The van der Waals surface area contributed by atoms with Crippen LogP contribution >= 0.6 is 15.9 Å². The average Bonchev–Trinajstić information content (AvgIpc) is 1.45. The number of hydrogen-bond donors (Lipinski definition) is 6. The molecule has 1 aliphatic rings. The van der Waals surface area contributed by atoms with Gasteiger partial charge in [-0.1, -0.05) is 34.1 Å². The fraction of sp³-hybridized carbons (Fsp3) is 0.259. The van der Waals surface area contributed by atoms with Crippen LogP contribution in [0, 0.1) is 41.5 Å². The average molecular weight is 2070 g/mol. The summed E-state index contributed by atoms with van der Waals surface area (Å²) >= 11 is 3.14. The van der Waals surface area contributed by atoms with Gasteiger partial charge in [-0.25, -0.2) is 49.3 Å². The number of carbonyl (C=O) groups is 6. The largest absolute Gasteiger partial charge is 1.00 e. The number of imidazole rings is 3. The van der Waals surface area contributed by atoms with Crippen LogP contribution in [0.25, 0.3) is 17.1 Å². The molecule has 6 aromatic heterocycles. The van der Waals surface area contributed by atoms with Crippen molar-refractivity contribution in [3.63, 3.8) is 0 Å². The molecule has 659 valence electrons. The first-order chi connectivity index (χ1) is 59.4. The maximum atomic E-state index is 12.7. The van der Waals surface area contributed by atoms with Gasteiger partial charge < -0.3 is 110 Å². The number of hydrogen-bond acceptors (Lipinski definition) is 35. The number of alkyl halides is 1. The number of likely N-dealkylation sites (N-methyl/N-ethyl adjacent to an activating group) is 1. The van der Waals surface area contributed by atoms with Gasteiger partial charge in [-0.2, -0.15) is 15.0 Å². The Morgan fingerprint density at radius 3 is 1.30 bits per heavy atom. The monoisotopic (exact) mass is 2070 g/mol. The van der Waals surface area contributed by atoms with E-state index in [1.165, 1.54) is 18.0 Å². The Morgan fingerprint density at radius 2 is 0.922 bits per heavy atom. The molecular weight excluding hydrogens is 1970 g/mol. The van der Waals surface area contributed by atoms with Crippen LogP contribution in [0.2, 0.25) is 0 Å². The molecule has 0 saturated carbocycles. The zero-order valence-corrected chi connectivity index (χ0v) is 91.0.